The molecule has 1 aliphatic carbocycles. The second kappa shape index (κ2) is 7.11. The number of hydrogen-bond donors (Lipinski definition) is 0. The van der Waals surface area contributed by atoms with E-state index in [4.69, 9.17) is 8.83 Å². The van der Waals surface area contributed by atoms with E-state index in [-0.39, 0.29) is 0 Å². The Morgan fingerprint density at radius 2 is 1.28 bits per heavy atom. The zero-order valence-corrected chi connectivity index (χ0v) is 20.3. The Morgan fingerprint density at radius 1 is 0.639 bits per heavy atom. The molecule has 172 valence electrons. The quantitative estimate of drug-likeness (QED) is 0.238. The van der Waals surface area contributed by atoms with E-state index in [9.17, 15) is 0 Å². The third-order valence-electron chi connectivity index (χ3n) is 7.95. The summed E-state index contributed by atoms with van der Waals surface area (Å²) in [4.78, 5) is 0. The molecular formula is C34H24O2. The van der Waals surface area contributed by atoms with Gasteiger partial charge in [0.1, 0.15) is 22.9 Å². The van der Waals surface area contributed by atoms with E-state index in [1.807, 2.05) is 12.1 Å². The minimum atomic E-state index is 0.916. The Labute approximate surface area is 208 Å². The van der Waals surface area contributed by atoms with E-state index >= 15 is 0 Å². The fraction of sp³-hybridized carbons (Fsp3) is 0.118. The van der Waals surface area contributed by atoms with Crippen LogP contribution in [0.4, 0.5) is 0 Å². The summed E-state index contributed by atoms with van der Waals surface area (Å²) in [6.07, 6.45) is 6.44. The maximum Gasteiger partial charge on any atom is 0.136 e. The minimum Gasteiger partial charge on any atom is -0.460 e. The van der Waals surface area contributed by atoms with Crippen molar-refractivity contribution in [2.75, 3.05) is 0 Å². The molecule has 0 unspecified atom stereocenters. The maximum atomic E-state index is 6.42. The van der Waals surface area contributed by atoms with Crippen LogP contribution in [-0.4, -0.2) is 0 Å². The molecule has 0 atom stereocenters. The van der Waals surface area contributed by atoms with Gasteiger partial charge in [0.15, 0.2) is 0 Å². The maximum absolute atomic E-state index is 6.42. The molecule has 36 heavy (non-hydrogen) atoms. The van der Waals surface area contributed by atoms with Crippen LogP contribution >= 0.6 is 0 Å². The molecule has 0 fully saturated rings. The first-order valence-corrected chi connectivity index (χ1v) is 12.7. The molecule has 0 spiro atoms. The van der Waals surface area contributed by atoms with Crippen molar-refractivity contribution in [2.24, 2.45) is 0 Å². The molecule has 2 aromatic heterocycles. The lowest BCUT2D eigenvalue weighted by Crippen LogP contribution is -1.92. The zero-order chi connectivity index (χ0) is 24.0. The predicted octanol–water partition coefficient (Wildman–Crippen LogP) is 9.83. The van der Waals surface area contributed by atoms with Crippen molar-refractivity contribution in [3.05, 3.63) is 101 Å². The van der Waals surface area contributed by atoms with Crippen LogP contribution in [0.3, 0.4) is 0 Å². The van der Waals surface area contributed by atoms with Crippen molar-refractivity contribution in [3.8, 4) is 22.6 Å². The van der Waals surface area contributed by atoms with Gasteiger partial charge in [-0.05, 0) is 94.0 Å². The first-order chi connectivity index (χ1) is 17.7. The summed E-state index contributed by atoms with van der Waals surface area (Å²) >= 11 is 0. The summed E-state index contributed by atoms with van der Waals surface area (Å²) in [6.45, 7) is 4.42. The highest BCUT2D eigenvalue weighted by atomic mass is 16.3. The van der Waals surface area contributed by atoms with Gasteiger partial charge in [0.2, 0.25) is 0 Å². The van der Waals surface area contributed by atoms with Crippen LogP contribution in [0.25, 0.3) is 72.0 Å². The SMILES string of the molecule is Cc1cc(-c2cc3c(o2)CCC=C3)c2ccc3c(C)cc(-c4cc5ccccc5o4)c4ccc1c2c34. The van der Waals surface area contributed by atoms with Gasteiger partial charge in [0.05, 0.1) is 0 Å². The number of benzene rings is 5. The molecule has 0 saturated heterocycles. The minimum absolute atomic E-state index is 0.916. The molecule has 2 heteroatoms. The van der Waals surface area contributed by atoms with E-state index < -0.39 is 0 Å². The third kappa shape index (κ3) is 2.67. The fourth-order valence-electron chi connectivity index (χ4n) is 6.20. The Balaban J connectivity index is 1.47. The summed E-state index contributed by atoms with van der Waals surface area (Å²) in [6, 6.07) is 26.3. The number of aryl methyl sites for hydroxylation is 3. The molecule has 0 radical (unpaired) electrons. The number of furan rings is 2. The summed E-state index contributed by atoms with van der Waals surface area (Å²) in [5.41, 5.74) is 6.97. The monoisotopic (exact) mass is 464 g/mol. The summed E-state index contributed by atoms with van der Waals surface area (Å²) < 4.78 is 12.8. The van der Waals surface area contributed by atoms with Crippen LogP contribution in [0.1, 0.15) is 28.9 Å². The van der Waals surface area contributed by atoms with Gasteiger partial charge in [-0.15, -0.1) is 0 Å². The highest BCUT2D eigenvalue weighted by Crippen LogP contribution is 2.45. The Kier molecular flexibility index (Phi) is 3.94. The third-order valence-corrected chi connectivity index (χ3v) is 7.95. The van der Waals surface area contributed by atoms with Crippen molar-refractivity contribution < 1.29 is 8.83 Å². The fourth-order valence-corrected chi connectivity index (χ4v) is 6.20. The van der Waals surface area contributed by atoms with Crippen LogP contribution in [0.15, 0.2) is 87.7 Å². The number of allylic oxidation sites excluding steroid dienone is 1. The van der Waals surface area contributed by atoms with E-state index in [0.29, 0.717) is 0 Å². The molecule has 0 saturated carbocycles. The molecule has 0 aliphatic heterocycles. The lowest BCUT2D eigenvalue weighted by atomic mass is 9.86. The molecule has 2 heterocycles. The predicted molar refractivity (Wildman–Crippen MR) is 150 cm³/mol. The standard InChI is InChI=1S/C34H24O2/c1-19-15-27(31-17-21-7-3-5-9-29(21)35-31)25-14-12-24-20(2)16-28(26-13-11-23(19)33(25)34(24)26)32-18-22-8-4-6-10-30(22)36-32/h3-5,7-9,11-18H,6,10H2,1-2H3. The van der Waals surface area contributed by atoms with Crippen molar-refractivity contribution >= 4 is 49.4 Å². The average Bonchev–Trinajstić information content (AvgIpc) is 3.53. The number of fused-ring (bicyclic) bond motifs is 2. The van der Waals surface area contributed by atoms with Gasteiger partial charge in [0, 0.05) is 28.5 Å². The normalized spacial score (nSPS) is 13.5. The highest BCUT2D eigenvalue weighted by Gasteiger charge is 2.21. The second-order valence-electron chi connectivity index (χ2n) is 10.1. The molecular weight excluding hydrogens is 440 g/mol. The van der Waals surface area contributed by atoms with Crippen molar-refractivity contribution in [2.45, 2.75) is 26.7 Å². The first-order valence-electron chi connectivity index (χ1n) is 12.7. The topological polar surface area (TPSA) is 26.3 Å². The summed E-state index contributed by atoms with van der Waals surface area (Å²) in [5.74, 6) is 2.97. The van der Waals surface area contributed by atoms with E-state index in [1.165, 1.54) is 54.6 Å². The van der Waals surface area contributed by atoms with Crippen LogP contribution in [0, 0.1) is 13.8 Å². The summed E-state index contributed by atoms with van der Waals surface area (Å²) in [5, 5.41) is 8.80. The zero-order valence-electron chi connectivity index (χ0n) is 20.3. The smallest absolute Gasteiger partial charge is 0.136 e. The van der Waals surface area contributed by atoms with Gasteiger partial charge in [-0.25, -0.2) is 0 Å². The van der Waals surface area contributed by atoms with Gasteiger partial charge in [-0.3, -0.25) is 0 Å². The van der Waals surface area contributed by atoms with Crippen LogP contribution in [-0.2, 0) is 6.42 Å². The first kappa shape index (κ1) is 19.9. The van der Waals surface area contributed by atoms with Gasteiger partial charge >= 0.3 is 0 Å². The Bertz CT molecular complexity index is 1980. The Hall–Kier alpha value is -4.30. The highest BCUT2D eigenvalue weighted by molar-refractivity contribution is 6.28. The van der Waals surface area contributed by atoms with Crippen LogP contribution in [0.5, 0.6) is 0 Å². The second-order valence-corrected chi connectivity index (χ2v) is 10.1. The molecule has 8 rings (SSSR count). The molecule has 0 N–H and O–H groups in total. The molecule has 0 bridgehead atoms. The van der Waals surface area contributed by atoms with E-state index in [2.05, 4.69) is 86.7 Å². The number of hydrogen-bond acceptors (Lipinski definition) is 2. The van der Waals surface area contributed by atoms with Gasteiger partial charge < -0.3 is 8.83 Å². The van der Waals surface area contributed by atoms with Gasteiger partial charge in [0.25, 0.3) is 0 Å². The number of rotatable bonds is 2. The van der Waals surface area contributed by atoms with E-state index in [0.717, 1.165) is 46.7 Å². The molecule has 1 aliphatic rings. The Morgan fingerprint density at radius 3 is 1.94 bits per heavy atom. The van der Waals surface area contributed by atoms with E-state index in [1.54, 1.807) is 0 Å². The molecule has 2 nitrogen and oxygen atoms in total. The van der Waals surface area contributed by atoms with Crippen molar-refractivity contribution in [1.82, 2.24) is 0 Å². The molecule has 5 aromatic carbocycles. The largest absolute Gasteiger partial charge is 0.460 e. The lowest BCUT2D eigenvalue weighted by molar-refractivity contribution is 0.521. The van der Waals surface area contributed by atoms with Crippen LogP contribution in [0.2, 0.25) is 0 Å². The molecule has 0 amide bonds. The number of para-hydroxylation sites is 1. The van der Waals surface area contributed by atoms with Crippen molar-refractivity contribution in [3.63, 3.8) is 0 Å². The summed E-state index contributed by atoms with van der Waals surface area (Å²) in [7, 11) is 0. The lowest BCUT2D eigenvalue weighted by Gasteiger charge is -2.18. The van der Waals surface area contributed by atoms with Gasteiger partial charge in [-0.2, -0.15) is 0 Å². The average molecular weight is 465 g/mol. The van der Waals surface area contributed by atoms with Crippen LogP contribution < -0.4 is 0 Å². The van der Waals surface area contributed by atoms with Gasteiger partial charge in [-0.1, -0.05) is 54.6 Å². The van der Waals surface area contributed by atoms with Crippen molar-refractivity contribution in [1.29, 1.82) is 0 Å². The molecule has 7 aromatic rings.